The molecule has 1 heterocycles. The van der Waals surface area contributed by atoms with Gasteiger partial charge in [-0.1, -0.05) is 11.8 Å². The van der Waals surface area contributed by atoms with E-state index in [1.54, 1.807) is 30.3 Å². The minimum absolute atomic E-state index is 0.168. The van der Waals surface area contributed by atoms with Crippen LogP contribution in [0.5, 0.6) is 0 Å². The number of rotatable bonds is 2. The molecule has 0 spiro atoms. The maximum Gasteiger partial charge on any atom is 0.273 e. The summed E-state index contributed by atoms with van der Waals surface area (Å²) in [6.45, 7) is -0.168. The highest BCUT2D eigenvalue weighted by atomic mass is 16.2. The lowest BCUT2D eigenvalue weighted by Gasteiger charge is -2.03. The molecule has 1 aromatic carbocycles. The molecule has 0 aliphatic heterocycles. The molecule has 1 aromatic heterocycles. The monoisotopic (exact) mass is 241 g/mol. The van der Waals surface area contributed by atoms with Gasteiger partial charge in [-0.3, -0.25) is 9.89 Å². The largest absolute Gasteiger partial charge is 0.384 e. The van der Waals surface area contributed by atoms with Gasteiger partial charge in [-0.05, 0) is 30.3 Å². The van der Waals surface area contributed by atoms with Crippen molar-refractivity contribution in [3.05, 3.63) is 47.8 Å². The summed E-state index contributed by atoms with van der Waals surface area (Å²) in [5.41, 5.74) is 1.85. The number of benzene rings is 1. The average molecular weight is 241 g/mol. The van der Waals surface area contributed by atoms with Crippen LogP contribution in [0.15, 0.2) is 36.5 Å². The number of nitrogens with zero attached hydrogens (tertiary/aromatic N) is 1. The number of H-pyrrole nitrogens is 1. The fourth-order valence-corrected chi connectivity index (χ4v) is 1.36. The van der Waals surface area contributed by atoms with E-state index in [9.17, 15) is 4.79 Å². The number of amides is 1. The molecule has 2 rings (SSSR count). The van der Waals surface area contributed by atoms with Gasteiger partial charge in [-0.15, -0.1) is 0 Å². The second kappa shape index (κ2) is 5.66. The van der Waals surface area contributed by atoms with Crippen LogP contribution >= 0.6 is 0 Å². The van der Waals surface area contributed by atoms with E-state index < -0.39 is 0 Å². The van der Waals surface area contributed by atoms with E-state index in [1.807, 2.05) is 0 Å². The predicted octanol–water partition coefficient (Wildman–Crippen LogP) is 1.01. The third kappa shape index (κ3) is 2.97. The Hall–Kier alpha value is -2.58. The molecule has 0 radical (unpaired) electrons. The Morgan fingerprint density at radius 3 is 2.72 bits per heavy atom. The van der Waals surface area contributed by atoms with Crippen molar-refractivity contribution < 1.29 is 9.90 Å². The van der Waals surface area contributed by atoms with E-state index in [0.29, 0.717) is 11.4 Å². The standard InChI is InChI=1S/C13H11N3O2/c17-9-1-2-10-3-5-11(6-4-10)15-13(18)12-7-8-14-16-12/h3-8,17H,9H2,(H,14,16)(H,15,18). The Labute approximate surface area is 104 Å². The van der Waals surface area contributed by atoms with Gasteiger partial charge in [-0.2, -0.15) is 5.10 Å². The van der Waals surface area contributed by atoms with Crippen LogP contribution in [0.3, 0.4) is 0 Å². The fourth-order valence-electron chi connectivity index (χ4n) is 1.36. The van der Waals surface area contributed by atoms with E-state index in [1.165, 1.54) is 6.20 Å². The van der Waals surface area contributed by atoms with Gasteiger partial charge in [0.05, 0.1) is 0 Å². The van der Waals surface area contributed by atoms with Crippen molar-refractivity contribution in [2.24, 2.45) is 0 Å². The van der Waals surface area contributed by atoms with Crippen LogP contribution in [0.25, 0.3) is 0 Å². The number of aliphatic hydroxyl groups is 1. The lowest BCUT2D eigenvalue weighted by atomic mass is 10.2. The maximum absolute atomic E-state index is 11.7. The van der Waals surface area contributed by atoms with Gasteiger partial charge in [0.2, 0.25) is 0 Å². The Morgan fingerprint density at radius 2 is 2.11 bits per heavy atom. The van der Waals surface area contributed by atoms with Crippen molar-refractivity contribution in [2.75, 3.05) is 11.9 Å². The number of nitrogens with one attached hydrogen (secondary N) is 2. The normalized spacial score (nSPS) is 9.39. The number of hydrogen-bond donors (Lipinski definition) is 3. The molecule has 5 heteroatoms. The first-order chi connectivity index (χ1) is 8.79. The summed E-state index contributed by atoms with van der Waals surface area (Å²) in [5, 5.41) is 17.6. The van der Waals surface area contributed by atoms with Crippen LogP contribution in [0.2, 0.25) is 0 Å². The van der Waals surface area contributed by atoms with Gasteiger partial charge >= 0.3 is 0 Å². The summed E-state index contributed by atoms with van der Waals surface area (Å²) in [5.74, 6) is 5.08. The SMILES string of the molecule is O=C(Nc1ccc(C#CCO)cc1)c1ccn[nH]1. The van der Waals surface area contributed by atoms with Crippen LogP contribution in [0, 0.1) is 11.8 Å². The van der Waals surface area contributed by atoms with Crippen LogP contribution in [-0.2, 0) is 0 Å². The van der Waals surface area contributed by atoms with Crippen molar-refractivity contribution in [2.45, 2.75) is 0 Å². The molecule has 0 atom stereocenters. The second-order valence-corrected chi connectivity index (χ2v) is 3.46. The Morgan fingerprint density at radius 1 is 1.33 bits per heavy atom. The first-order valence-corrected chi connectivity index (χ1v) is 5.30. The Kier molecular flexibility index (Phi) is 3.74. The van der Waals surface area contributed by atoms with Gasteiger partial charge in [0.25, 0.3) is 5.91 Å². The third-order valence-electron chi connectivity index (χ3n) is 2.20. The molecule has 90 valence electrons. The lowest BCUT2D eigenvalue weighted by Crippen LogP contribution is -2.12. The molecule has 3 N–H and O–H groups in total. The molecule has 0 aliphatic carbocycles. The summed E-state index contributed by atoms with van der Waals surface area (Å²) in [7, 11) is 0. The fraction of sp³-hybridized carbons (Fsp3) is 0.0769. The van der Waals surface area contributed by atoms with Gasteiger partial charge in [0, 0.05) is 17.4 Å². The summed E-state index contributed by atoms with van der Waals surface area (Å²) in [6, 6.07) is 8.62. The molecule has 0 saturated heterocycles. The van der Waals surface area contributed by atoms with E-state index in [-0.39, 0.29) is 12.5 Å². The van der Waals surface area contributed by atoms with Crippen LogP contribution in [0.1, 0.15) is 16.1 Å². The minimum atomic E-state index is -0.248. The molecule has 0 saturated carbocycles. The average Bonchev–Trinajstić information content (AvgIpc) is 2.92. The first-order valence-electron chi connectivity index (χ1n) is 5.30. The zero-order valence-electron chi connectivity index (χ0n) is 9.47. The number of aromatic amines is 1. The number of anilines is 1. The van der Waals surface area contributed by atoms with Gasteiger partial charge in [-0.25, -0.2) is 0 Å². The van der Waals surface area contributed by atoms with E-state index in [0.717, 1.165) is 5.56 Å². The zero-order valence-corrected chi connectivity index (χ0v) is 9.47. The molecular formula is C13H11N3O2. The highest BCUT2D eigenvalue weighted by molar-refractivity contribution is 6.02. The third-order valence-corrected chi connectivity index (χ3v) is 2.20. The van der Waals surface area contributed by atoms with E-state index in [2.05, 4.69) is 27.4 Å². The van der Waals surface area contributed by atoms with Gasteiger partial charge < -0.3 is 10.4 Å². The van der Waals surface area contributed by atoms with Gasteiger partial charge in [0.15, 0.2) is 0 Å². The molecule has 0 bridgehead atoms. The van der Waals surface area contributed by atoms with Crippen LogP contribution in [-0.4, -0.2) is 27.8 Å². The molecule has 0 aliphatic rings. The molecule has 18 heavy (non-hydrogen) atoms. The lowest BCUT2D eigenvalue weighted by molar-refractivity contribution is 0.102. The molecule has 0 fully saturated rings. The summed E-state index contributed by atoms with van der Waals surface area (Å²) in [4.78, 5) is 11.7. The predicted molar refractivity (Wildman–Crippen MR) is 66.9 cm³/mol. The maximum atomic E-state index is 11.7. The minimum Gasteiger partial charge on any atom is -0.384 e. The first kappa shape index (κ1) is 11.9. The smallest absolute Gasteiger partial charge is 0.273 e. The molecule has 2 aromatic rings. The van der Waals surface area contributed by atoms with E-state index in [4.69, 9.17) is 5.11 Å². The number of carbonyl (C=O) groups excluding carboxylic acids is 1. The topological polar surface area (TPSA) is 78.0 Å². The number of aromatic nitrogens is 2. The number of carbonyl (C=O) groups is 1. The summed E-state index contributed by atoms with van der Waals surface area (Å²) < 4.78 is 0. The van der Waals surface area contributed by atoms with Crippen LogP contribution in [0.4, 0.5) is 5.69 Å². The molecule has 5 nitrogen and oxygen atoms in total. The Balaban J connectivity index is 2.04. The Bertz CT molecular complexity index is 577. The number of hydrogen-bond acceptors (Lipinski definition) is 3. The second-order valence-electron chi connectivity index (χ2n) is 3.46. The quantitative estimate of drug-likeness (QED) is 0.686. The van der Waals surface area contributed by atoms with Crippen molar-refractivity contribution in [3.63, 3.8) is 0 Å². The van der Waals surface area contributed by atoms with E-state index >= 15 is 0 Å². The zero-order chi connectivity index (χ0) is 12.8. The number of aliphatic hydroxyl groups excluding tert-OH is 1. The highest BCUT2D eigenvalue weighted by Gasteiger charge is 2.06. The van der Waals surface area contributed by atoms with Crippen LogP contribution < -0.4 is 5.32 Å². The van der Waals surface area contributed by atoms with Crippen molar-refractivity contribution in [3.8, 4) is 11.8 Å². The van der Waals surface area contributed by atoms with Crippen molar-refractivity contribution in [1.82, 2.24) is 10.2 Å². The highest BCUT2D eigenvalue weighted by Crippen LogP contribution is 2.10. The van der Waals surface area contributed by atoms with Gasteiger partial charge in [0.1, 0.15) is 12.3 Å². The molecule has 1 amide bonds. The summed E-state index contributed by atoms with van der Waals surface area (Å²) >= 11 is 0. The molecular weight excluding hydrogens is 230 g/mol. The molecule has 0 unspecified atom stereocenters. The van der Waals surface area contributed by atoms with Crippen molar-refractivity contribution >= 4 is 11.6 Å². The summed E-state index contributed by atoms with van der Waals surface area (Å²) in [6.07, 6.45) is 1.52. The van der Waals surface area contributed by atoms with Crippen molar-refractivity contribution in [1.29, 1.82) is 0 Å².